The van der Waals surface area contributed by atoms with E-state index < -0.39 is 6.03 Å². The second-order valence-electron chi connectivity index (χ2n) is 4.44. The number of urea groups is 1. The zero-order valence-corrected chi connectivity index (χ0v) is 10.2. The third kappa shape index (κ3) is 3.89. The number of hydrogen-bond acceptors (Lipinski definition) is 3. The van der Waals surface area contributed by atoms with E-state index in [1.54, 1.807) is 12.1 Å². The maximum Gasteiger partial charge on any atom is 0.321 e. The first-order valence-electron chi connectivity index (χ1n) is 6.17. The highest BCUT2D eigenvalue weighted by Crippen LogP contribution is 1.97. The molecule has 0 saturated carbocycles. The molecular weight excluding hydrogens is 234 g/mol. The number of furan rings is 1. The fraction of sp³-hybridized carbons (Fsp3) is 0.500. The normalized spacial score (nSPS) is 15.6. The van der Waals surface area contributed by atoms with Crippen LogP contribution in [-0.2, 0) is 11.3 Å². The van der Waals surface area contributed by atoms with E-state index in [4.69, 9.17) is 4.42 Å². The average molecular weight is 252 g/mol. The largest absolute Gasteiger partial charge is 0.467 e. The van der Waals surface area contributed by atoms with Gasteiger partial charge in [0.1, 0.15) is 5.76 Å². The molecule has 1 saturated heterocycles. The third-order valence-electron chi connectivity index (χ3n) is 2.98. The molecule has 1 fully saturated rings. The Balaban J connectivity index is 1.65. The smallest absolute Gasteiger partial charge is 0.321 e. The summed E-state index contributed by atoms with van der Waals surface area (Å²) >= 11 is 0. The van der Waals surface area contributed by atoms with Crippen molar-refractivity contribution in [2.24, 2.45) is 0 Å². The molecule has 2 heterocycles. The molecule has 3 N–H and O–H groups in total. The molecule has 0 aliphatic carbocycles. The summed E-state index contributed by atoms with van der Waals surface area (Å²) in [6.45, 7) is 2.68. The van der Waals surface area contributed by atoms with E-state index in [1.165, 1.54) is 11.2 Å². The van der Waals surface area contributed by atoms with Gasteiger partial charge in [-0.05, 0) is 12.1 Å². The Hall–Kier alpha value is -1.82. The number of hydrogen-bond donors (Lipinski definition) is 3. The molecule has 6 heteroatoms. The van der Waals surface area contributed by atoms with Gasteiger partial charge in [0.05, 0.1) is 25.9 Å². The average Bonchev–Trinajstić information content (AvgIpc) is 2.98. The molecule has 0 bridgehead atoms. The van der Waals surface area contributed by atoms with Gasteiger partial charge in [-0.1, -0.05) is 0 Å². The van der Waals surface area contributed by atoms with Gasteiger partial charge in [0, 0.05) is 12.8 Å². The van der Waals surface area contributed by atoms with Crippen LogP contribution in [-0.4, -0.2) is 31.6 Å². The predicted molar refractivity (Wildman–Crippen MR) is 63.9 cm³/mol. The summed E-state index contributed by atoms with van der Waals surface area (Å²) in [5.74, 6) is 0.423. The maximum absolute atomic E-state index is 11.6. The summed E-state index contributed by atoms with van der Waals surface area (Å²) in [5, 5.41) is 4.88. The lowest BCUT2D eigenvalue weighted by Gasteiger charge is -2.11. The van der Waals surface area contributed by atoms with E-state index in [1.807, 2.05) is 0 Å². The quantitative estimate of drug-likeness (QED) is 0.662. The fourth-order valence-electron chi connectivity index (χ4n) is 2.07. The third-order valence-corrected chi connectivity index (χ3v) is 2.98. The predicted octanol–water partition coefficient (Wildman–Crippen LogP) is -0.716. The van der Waals surface area contributed by atoms with Crippen LogP contribution in [0.15, 0.2) is 22.8 Å². The van der Waals surface area contributed by atoms with Crippen molar-refractivity contribution >= 4 is 11.9 Å². The highest BCUT2D eigenvalue weighted by atomic mass is 16.3. The number of nitrogens with one attached hydrogen (secondary N) is 3. The lowest BCUT2D eigenvalue weighted by atomic mass is 10.4. The van der Waals surface area contributed by atoms with Crippen molar-refractivity contribution in [3.05, 3.63) is 24.2 Å². The molecule has 1 aromatic rings. The second kappa shape index (κ2) is 6.20. The summed E-state index contributed by atoms with van der Waals surface area (Å²) in [5.41, 5.74) is 0. The molecule has 98 valence electrons. The van der Waals surface area contributed by atoms with Crippen LogP contribution in [0.4, 0.5) is 4.79 Å². The van der Waals surface area contributed by atoms with Gasteiger partial charge in [-0.15, -0.1) is 0 Å². The lowest BCUT2D eigenvalue weighted by molar-refractivity contribution is -0.879. The maximum atomic E-state index is 11.6. The molecule has 0 aromatic carbocycles. The van der Waals surface area contributed by atoms with Gasteiger partial charge in [-0.2, -0.15) is 0 Å². The number of carbonyl (C=O) groups excluding carboxylic acids is 2. The molecule has 3 amide bonds. The van der Waals surface area contributed by atoms with Gasteiger partial charge in [-0.3, -0.25) is 10.1 Å². The van der Waals surface area contributed by atoms with Gasteiger partial charge in [-0.25, -0.2) is 4.79 Å². The fourth-order valence-corrected chi connectivity index (χ4v) is 2.07. The number of quaternary nitrogens is 1. The molecule has 1 aromatic heterocycles. The molecule has 0 radical (unpaired) electrons. The Morgan fingerprint density at radius 3 is 2.78 bits per heavy atom. The summed E-state index contributed by atoms with van der Waals surface area (Å²) in [7, 11) is 0. The van der Waals surface area contributed by atoms with Crippen LogP contribution in [0.2, 0.25) is 0 Å². The molecule has 18 heavy (non-hydrogen) atoms. The zero-order valence-electron chi connectivity index (χ0n) is 10.2. The van der Waals surface area contributed by atoms with Crippen LogP contribution in [0, 0.1) is 0 Å². The minimum Gasteiger partial charge on any atom is -0.467 e. The summed E-state index contributed by atoms with van der Waals surface area (Å²) in [6.07, 6.45) is 3.86. The molecule has 0 spiro atoms. The molecule has 1 aliphatic rings. The van der Waals surface area contributed by atoms with E-state index >= 15 is 0 Å². The van der Waals surface area contributed by atoms with Crippen molar-refractivity contribution in [2.75, 3.05) is 19.6 Å². The van der Waals surface area contributed by atoms with E-state index in [2.05, 4.69) is 10.6 Å². The Bertz CT molecular complexity index is 397. The minimum atomic E-state index is -0.477. The molecule has 1 aliphatic heterocycles. The first-order chi connectivity index (χ1) is 8.74. The van der Waals surface area contributed by atoms with Gasteiger partial charge in [0.2, 0.25) is 0 Å². The number of carbonyl (C=O) groups is 2. The SMILES string of the molecule is O=C(C[NH+]1CCCC1)NC(=O)NCc1ccco1. The van der Waals surface area contributed by atoms with Crippen molar-refractivity contribution < 1.29 is 18.9 Å². The Morgan fingerprint density at radius 2 is 2.11 bits per heavy atom. The van der Waals surface area contributed by atoms with Crippen LogP contribution in [0.1, 0.15) is 18.6 Å². The summed E-state index contributed by atoms with van der Waals surface area (Å²) < 4.78 is 5.06. The molecule has 0 atom stereocenters. The Morgan fingerprint density at radius 1 is 1.33 bits per heavy atom. The van der Waals surface area contributed by atoms with Gasteiger partial charge in [0.15, 0.2) is 6.54 Å². The Labute approximate surface area is 105 Å². The molecule has 6 nitrogen and oxygen atoms in total. The Kier molecular flexibility index (Phi) is 4.35. The van der Waals surface area contributed by atoms with Crippen molar-refractivity contribution in [1.29, 1.82) is 0 Å². The number of rotatable bonds is 4. The van der Waals surface area contributed by atoms with E-state index in [-0.39, 0.29) is 12.5 Å². The number of amides is 3. The van der Waals surface area contributed by atoms with E-state index in [9.17, 15) is 9.59 Å². The second-order valence-corrected chi connectivity index (χ2v) is 4.44. The first kappa shape index (κ1) is 12.6. The monoisotopic (exact) mass is 252 g/mol. The minimum absolute atomic E-state index is 0.233. The van der Waals surface area contributed by atoms with Gasteiger partial charge in [0.25, 0.3) is 5.91 Å². The van der Waals surface area contributed by atoms with Crippen LogP contribution in [0.25, 0.3) is 0 Å². The lowest BCUT2D eigenvalue weighted by Crippen LogP contribution is -3.11. The highest BCUT2D eigenvalue weighted by molar-refractivity contribution is 5.94. The first-order valence-corrected chi connectivity index (χ1v) is 6.17. The molecular formula is C12H18N3O3+. The number of likely N-dealkylation sites (tertiary alicyclic amines) is 1. The highest BCUT2D eigenvalue weighted by Gasteiger charge is 2.19. The van der Waals surface area contributed by atoms with Crippen molar-refractivity contribution in [1.82, 2.24) is 10.6 Å². The van der Waals surface area contributed by atoms with Gasteiger partial charge >= 0.3 is 6.03 Å². The summed E-state index contributed by atoms with van der Waals surface area (Å²) in [4.78, 5) is 24.2. The summed E-state index contributed by atoms with van der Waals surface area (Å²) in [6, 6.07) is 3.03. The van der Waals surface area contributed by atoms with Crippen molar-refractivity contribution in [2.45, 2.75) is 19.4 Å². The standard InChI is InChI=1S/C12H17N3O3/c16-11(9-15-5-1-2-6-15)14-12(17)13-8-10-4-3-7-18-10/h3-4,7H,1-2,5-6,8-9H2,(H2,13,14,16,17)/p+1. The molecule has 2 rings (SSSR count). The van der Waals surface area contributed by atoms with E-state index in [0.29, 0.717) is 12.3 Å². The van der Waals surface area contributed by atoms with E-state index in [0.717, 1.165) is 25.9 Å². The zero-order chi connectivity index (χ0) is 12.8. The van der Waals surface area contributed by atoms with Gasteiger partial charge < -0.3 is 14.6 Å². The number of imide groups is 1. The topological polar surface area (TPSA) is 75.8 Å². The van der Waals surface area contributed by atoms with Crippen molar-refractivity contribution in [3.63, 3.8) is 0 Å². The van der Waals surface area contributed by atoms with Crippen LogP contribution < -0.4 is 15.5 Å². The van der Waals surface area contributed by atoms with Crippen LogP contribution in [0.5, 0.6) is 0 Å². The van der Waals surface area contributed by atoms with Crippen LogP contribution in [0.3, 0.4) is 0 Å². The van der Waals surface area contributed by atoms with Crippen LogP contribution >= 0.6 is 0 Å². The van der Waals surface area contributed by atoms with Crippen molar-refractivity contribution in [3.8, 4) is 0 Å². The molecule has 0 unspecified atom stereocenters.